The number of aromatic hydroxyl groups is 1. The minimum absolute atomic E-state index is 0.0414. The van der Waals surface area contributed by atoms with Gasteiger partial charge in [-0.25, -0.2) is 0 Å². The molecule has 0 saturated heterocycles. The number of esters is 1. The van der Waals surface area contributed by atoms with Crippen molar-refractivity contribution in [2.45, 2.75) is 58.2 Å². The summed E-state index contributed by atoms with van der Waals surface area (Å²) in [5, 5.41) is 9.92. The number of carbonyl (C=O) groups is 1. The molecule has 5 nitrogen and oxygen atoms in total. The number of phenols is 1. The van der Waals surface area contributed by atoms with Crippen molar-refractivity contribution in [2.75, 3.05) is 7.11 Å². The molecule has 34 heavy (non-hydrogen) atoms. The highest BCUT2D eigenvalue weighted by Crippen LogP contribution is 2.59. The Balaban J connectivity index is 1.36. The first kappa shape index (κ1) is 22.3. The molecule has 5 heteroatoms. The van der Waals surface area contributed by atoms with Crippen LogP contribution in [0.3, 0.4) is 0 Å². The van der Waals surface area contributed by atoms with E-state index in [2.05, 4.69) is 19.1 Å². The van der Waals surface area contributed by atoms with Crippen LogP contribution in [-0.2, 0) is 16.1 Å². The van der Waals surface area contributed by atoms with E-state index in [1.54, 1.807) is 12.1 Å². The first-order valence-electron chi connectivity index (χ1n) is 11.7. The average molecular weight is 459 g/mol. The maximum atomic E-state index is 11.9. The molecule has 1 heterocycles. The highest BCUT2D eigenvalue weighted by Gasteiger charge is 2.58. The molecule has 0 radical (unpaired) electrons. The van der Waals surface area contributed by atoms with Gasteiger partial charge in [0.2, 0.25) is 0 Å². The van der Waals surface area contributed by atoms with Gasteiger partial charge in [0.15, 0.2) is 0 Å². The summed E-state index contributed by atoms with van der Waals surface area (Å²) >= 11 is 0. The van der Waals surface area contributed by atoms with E-state index in [0.717, 1.165) is 63.3 Å². The highest BCUT2D eigenvalue weighted by atomic mass is 16.5. The summed E-state index contributed by atoms with van der Waals surface area (Å²) in [6.07, 6.45) is 2.26. The van der Waals surface area contributed by atoms with Crippen molar-refractivity contribution in [3.05, 3.63) is 76.3 Å². The maximum Gasteiger partial charge on any atom is 0.306 e. The van der Waals surface area contributed by atoms with Gasteiger partial charge < -0.3 is 19.3 Å². The Morgan fingerprint density at radius 2 is 1.82 bits per heavy atom. The zero-order chi connectivity index (χ0) is 24.0. The minimum atomic E-state index is -0.250. The van der Waals surface area contributed by atoms with Crippen molar-refractivity contribution in [2.24, 2.45) is 0 Å². The van der Waals surface area contributed by atoms with Gasteiger partial charge in [-0.05, 0) is 85.2 Å². The number of rotatable bonds is 6. The van der Waals surface area contributed by atoms with Crippen molar-refractivity contribution < 1.29 is 24.1 Å². The number of carbonyl (C=O) groups excluding carboxylic acids is 1. The molecule has 1 unspecified atom stereocenters. The molecular formula is C29H30O5. The summed E-state index contributed by atoms with van der Waals surface area (Å²) in [7, 11) is 1.43. The number of hydrogen-bond acceptors (Lipinski definition) is 5. The lowest BCUT2D eigenvalue weighted by Gasteiger charge is -2.17. The van der Waals surface area contributed by atoms with E-state index < -0.39 is 0 Å². The number of aryl methyl sites for hydroxylation is 2. The van der Waals surface area contributed by atoms with Crippen LogP contribution in [0.4, 0.5) is 0 Å². The molecule has 1 N–H and O–H groups in total. The van der Waals surface area contributed by atoms with E-state index in [9.17, 15) is 9.90 Å². The van der Waals surface area contributed by atoms with Gasteiger partial charge in [0.25, 0.3) is 0 Å². The van der Waals surface area contributed by atoms with E-state index in [0.29, 0.717) is 13.0 Å². The first-order chi connectivity index (χ1) is 16.3. The Morgan fingerprint density at radius 3 is 2.50 bits per heavy atom. The average Bonchev–Trinajstić information content (AvgIpc) is 3.50. The smallest absolute Gasteiger partial charge is 0.306 e. The predicted octanol–water partition coefficient (Wildman–Crippen LogP) is 6.14. The van der Waals surface area contributed by atoms with Gasteiger partial charge in [0, 0.05) is 17.5 Å². The number of phenolic OH excluding ortho intramolecular Hbond substituents is 1. The zero-order valence-corrected chi connectivity index (χ0v) is 20.1. The summed E-state index contributed by atoms with van der Waals surface area (Å²) in [6.45, 7) is 6.59. The number of ether oxygens (including phenoxy) is 3. The monoisotopic (exact) mass is 458 g/mol. The topological polar surface area (TPSA) is 65.0 Å². The van der Waals surface area contributed by atoms with Gasteiger partial charge in [-0.15, -0.1) is 0 Å². The molecule has 176 valence electrons. The Morgan fingerprint density at radius 1 is 1.09 bits per heavy atom. The molecule has 1 fully saturated rings. The van der Waals surface area contributed by atoms with Crippen molar-refractivity contribution in [1.29, 1.82) is 0 Å². The summed E-state index contributed by atoms with van der Waals surface area (Å²) in [5.74, 6) is 1.68. The van der Waals surface area contributed by atoms with Gasteiger partial charge in [-0.3, -0.25) is 4.79 Å². The fraction of sp³-hybridized carbons (Fsp3) is 0.345. The normalized spacial score (nSPS) is 17.2. The van der Waals surface area contributed by atoms with Gasteiger partial charge in [-0.1, -0.05) is 24.3 Å². The van der Waals surface area contributed by atoms with Crippen molar-refractivity contribution >= 4 is 5.97 Å². The van der Waals surface area contributed by atoms with Crippen LogP contribution in [0, 0.1) is 20.8 Å². The van der Waals surface area contributed by atoms with Crippen LogP contribution in [0.2, 0.25) is 0 Å². The summed E-state index contributed by atoms with van der Waals surface area (Å²) in [6, 6.07) is 15.8. The largest absolute Gasteiger partial charge is 0.508 e. The van der Waals surface area contributed by atoms with E-state index in [4.69, 9.17) is 14.2 Å². The van der Waals surface area contributed by atoms with Crippen molar-refractivity contribution in [3.63, 3.8) is 0 Å². The maximum absolute atomic E-state index is 11.9. The standard InChI is InChI=1S/C29H30O5/c1-17-12-21(30)13-18(2)28(17)23-7-5-6-20(19(23)3)16-33-22-8-9-24-25(15-27(31)32-4)29(10-11-29)34-26(24)14-22/h5-9,12-14,25,30H,10-11,15-16H2,1-4H3. The summed E-state index contributed by atoms with van der Waals surface area (Å²) in [5.41, 5.74) is 7.46. The van der Waals surface area contributed by atoms with Crippen molar-refractivity contribution in [1.82, 2.24) is 0 Å². The van der Waals surface area contributed by atoms with Crippen LogP contribution in [0.5, 0.6) is 17.2 Å². The lowest BCUT2D eigenvalue weighted by atomic mass is 9.90. The number of hydrogen-bond donors (Lipinski definition) is 1. The second kappa shape index (κ2) is 8.39. The molecule has 5 rings (SSSR count). The molecular weight excluding hydrogens is 428 g/mol. The minimum Gasteiger partial charge on any atom is -0.508 e. The van der Waals surface area contributed by atoms with Gasteiger partial charge in [0.1, 0.15) is 29.5 Å². The van der Waals surface area contributed by atoms with E-state index >= 15 is 0 Å². The summed E-state index contributed by atoms with van der Waals surface area (Å²) in [4.78, 5) is 11.9. The molecule has 1 atom stereocenters. The summed E-state index contributed by atoms with van der Waals surface area (Å²) < 4.78 is 17.4. The van der Waals surface area contributed by atoms with Crippen LogP contribution in [0.1, 0.15) is 53.0 Å². The molecule has 0 bridgehead atoms. The quantitative estimate of drug-likeness (QED) is 0.450. The zero-order valence-electron chi connectivity index (χ0n) is 20.1. The van der Waals surface area contributed by atoms with Gasteiger partial charge in [0.05, 0.1) is 13.5 Å². The Kier molecular flexibility index (Phi) is 5.51. The molecule has 1 saturated carbocycles. The fourth-order valence-corrected chi connectivity index (χ4v) is 5.31. The second-order valence-corrected chi connectivity index (χ2v) is 9.53. The first-order valence-corrected chi connectivity index (χ1v) is 11.7. The Labute approximate surface area is 200 Å². The molecule has 3 aromatic rings. The molecule has 3 aromatic carbocycles. The molecule has 0 amide bonds. The van der Waals surface area contributed by atoms with Crippen LogP contribution in [-0.4, -0.2) is 23.8 Å². The molecule has 1 spiro atoms. The third-order valence-electron chi connectivity index (χ3n) is 7.28. The van der Waals surface area contributed by atoms with Crippen LogP contribution < -0.4 is 9.47 Å². The van der Waals surface area contributed by atoms with Crippen molar-refractivity contribution in [3.8, 4) is 28.4 Å². The predicted molar refractivity (Wildman–Crippen MR) is 130 cm³/mol. The molecule has 1 aliphatic carbocycles. The fourth-order valence-electron chi connectivity index (χ4n) is 5.31. The second-order valence-electron chi connectivity index (χ2n) is 9.53. The van der Waals surface area contributed by atoms with Gasteiger partial charge >= 0.3 is 5.97 Å². The van der Waals surface area contributed by atoms with E-state index in [1.807, 2.05) is 38.1 Å². The number of methoxy groups -OCH3 is 1. The third kappa shape index (κ3) is 3.89. The number of benzene rings is 3. The molecule has 1 aliphatic heterocycles. The Hall–Kier alpha value is -3.47. The van der Waals surface area contributed by atoms with E-state index in [-0.39, 0.29) is 23.2 Å². The molecule has 0 aromatic heterocycles. The third-order valence-corrected chi connectivity index (χ3v) is 7.28. The van der Waals surface area contributed by atoms with Gasteiger partial charge in [-0.2, -0.15) is 0 Å². The lowest BCUT2D eigenvalue weighted by molar-refractivity contribution is -0.141. The lowest BCUT2D eigenvalue weighted by Crippen LogP contribution is -2.23. The van der Waals surface area contributed by atoms with Crippen LogP contribution in [0.15, 0.2) is 48.5 Å². The number of fused-ring (bicyclic) bond motifs is 1. The molecule has 2 aliphatic rings. The van der Waals surface area contributed by atoms with E-state index in [1.165, 1.54) is 7.11 Å². The van der Waals surface area contributed by atoms with Crippen LogP contribution in [0.25, 0.3) is 11.1 Å². The van der Waals surface area contributed by atoms with Crippen LogP contribution >= 0.6 is 0 Å². The highest BCUT2D eigenvalue weighted by molar-refractivity contribution is 5.75. The Bertz CT molecular complexity index is 1250. The SMILES string of the molecule is COC(=O)CC1c2ccc(OCc3cccc(-c4c(C)cc(O)cc4C)c3C)cc2OC12CC2.